The number of anilines is 2. The van der Waals surface area contributed by atoms with Crippen molar-refractivity contribution in [1.82, 2.24) is 5.32 Å². The number of nitrogens with one attached hydrogen (secondary N) is 2. The third-order valence-electron chi connectivity index (χ3n) is 5.37. The number of benzene rings is 1. The Bertz CT molecular complexity index is 966. The third-order valence-corrected chi connectivity index (χ3v) is 6.07. The maximum Gasteiger partial charge on any atom is 0.286 e. The molecule has 2 atom stereocenters. The zero-order valence-corrected chi connectivity index (χ0v) is 20.4. The fraction of sp³-hybridized carbons (Fsp3) is 0.440. The first-order valence-corrected chi connectivity index (χ1v) is 12.6. The molecule has 0 spiro atoms. The number of unbranched alkanes of at least 4 members (excludes halogenated alkanes) is 1. The quantitative estimate of drug-likeness (QED) is 0.230. The van der Waals surface area contributed by atoms with Gasteiger partial charge in [0, 0.05) is 25.3 Å². The van der Waals surface area contributed by atoms with Crippen molar-refractivity contribution in [2.75, 3.05) is 44.0 Å². The Hall–Kier alpha value is -2.92. The summed E-state index contributed by atoms with van der Waals surface area (Å²) in [6, 6.07) is 9.14. The van der Waals surface area contributed by atoms with Crippen LogP contribution < -0.4 is 16.4 Å². The molecule has 0 unspecified atom stereocenters. The van der Waals surface area contributed by atoms with Gasteiger partial charge in [0.2, 0.25) is 12.2 Å². The van der Waals surface area contributed by atoms with Gasteiger partial charge in [-0.25, -0.2) is 0 Å². The molecule has 2 heterocycles. The SMILES string of the molecule is Nc1ccccc1NC(=O)CCCCNC(=O)C1=C[C@H](c2ccsc2)C[C@H](OCCOCCO)O1. The number of carbonyl (C=O) groups is 2. The highest BCUT2D eigenvalue weighted by atomic mass is 32.1. The van der Waals surface area contributed by atoms with Crippen LogP contribution in [-0.2, 0) is 23.8 Å². The summed E-state index contributed by atoms with van der Waals surface area (Å²) in [4.78, 5) is 24.9. The van der Waals surface area contributed by atoms with Crippen molar-refractivity contribution >= 4 is 34.5 Å². The largest absolute Gasteiger partial charge is 0.459 e. The third kappa shape index (κ3) is 8.99. The second kappa shape index (κ2) is 14.5. The Morgan fingerprint density at radius 2 is 2.03 bits per heavy atom. The lowest BCUT2D eigenvalue weighted by Crippen LogP contribution is -2.33. The molecule has 1 aliphatic rings. The fourth-order valence-corrected chi connectivity index (χ4v) is 4.29. The van der Waals surface area contributed by atoms with Crippen LogP contribution in [0.5, 0.6) is 0 Å². The Balaban J connectivity index is 1.43. The minimum atomic E-state index is -0.572. The van der Waals surface area contributed by atoms with Crippen molar-refractivity contribution in [1.29, 1.82) is 0 Å². The molecule has 3 rings (SSSR count). The lowest BCUT2D eigenvalue weighted by atomic mass is 9.95. The highest BCUT2D eigenvalue weighted by Crippen LogP contribution is 2.32. The van der Waals surface area contributed by atoms with Gasteiger partial charge in [-0.3, -0.25) is 9.59 Å². The lowest BCUT2D eigenvalue weighted by Gasteiger charge is -2.29. The standard InChI is InChI=1S/C25H33N3O6S/c26-20-5-1-2-6-21(20)28-23(30)7-3-4-9-27-25(31)22-15-19(18-8-14-35-17-18)16-24(34-22)33-13-12-32-11-10-29/h1-2,5-6,8,14-15,17,19,24,29H,3-4,7,9-13,16,26H2,(H,27,31)(H,28,30)/t19-,24+/m0/s1. The predicted molar refractivity (Wildman–Crippen MR) is 135 cm³/mol. The number of hydrogen-bond acceptors (Lipinski definition) is 8. The number of thiophene rings is 1. The van der Waals surface area contributed by atoms with Gasteiger partial charge >= 0.3 is 0 Å². The second-order valence-corrected chi connectivity index (χ2v) is 8.81. The molecular formula is C25H33N3O6S. The average molecular weight is 504 g/mol. The molecule has 10 heteroatoms. The van der Waals surface area contributed by atoms with Crippen LogP contribution in [0, 0.1) is 0 Å². The van der Waals surface area contributed by atoms with E-state index in [1.807, 2.05) is 29.7 Å². The molecule has 5 N–H and O–H groups in total. The summed E-state index contributed by atoms with van der Waals surface area (Å²) in [5.41, 5.74) is 8.08. The summed E-state index contributed by atoms with van der Waals surface area (Å²) in [6.45, 7) is 1.26. The number of nitrogens with two attached hydrogens (primary N) is 1. The van der Waals surface area contributed by atoms with E-state index in [0.29, 0.717) is 56.8 Å². The van der Waals surface area contributed by atoms with Crippen molar-refractivity contribution in [2.45, 2.75) is 37.9 Å². The summed E-state index contributed by atoms with van der Waals surface area (Å²) in [5.74, 6) is -0.190. The van der Waals surface area contributed by atoms with Gasteiger partial charge in [-0.15, -0.1) is 0 Å². The number of nitrogen functional groups attached to an aromatic ring is 1. The molecule has 1 aliphatic heterocycles. The van der Waals surface area contributed by atoms with E-state index in [1.165, 1.54) is 0 Å². The average Bonchev–Trinajstić information content (AvgIpc) is 3.40. The molecule has 2 aromatic rings. The van der Waals surface area contributed by atoms with E-state index in [0.717, 1.165) is 5.56 Å². The summed E-state index contributed by atoms with van der Waals surface area (Å²) in [7, 11) is 0. The van der Waals surface area contributed by atoms with Crippen LogP contribution >= 0.6 is 11.3 Å². The molecule has 0 bridgehead atoms. The van der Waals surface area contributed by atoms with Gasteiger partial charge in [-0.1, -0.05) is 12.1 Å². The van der Waals surface area contributed by atoms with E-state index in [1.54, 1.807) is 23.5 Å². The molecular weight excluding hydrogens is 470 g/mol. The van der Waals surface area contributed by atoms with Gasteiger partial charge in [0.15, 0.2) is 5.76 Å². The predicted octanol–water partition coefficient (Wildman–Crippen LogP) is 2.99. The Morgan fingerprint density at radius 3 is 2.80 bits per heavy atom. The van der Waals surface area contributed by atoms with E-state index in [-0.39, 0.29) is 36.7 Å². The zero-order valence-electron chi connectivity index (χ0n) is 19.6. The summed E-state index contributed by atoms with van der Waals surface area (Å²) in [5, 5.41) is 18.5. The Morgan fingerprint density at radius 1 is 1.17 bits per heavy atom. The molecule has 190 valence electrons. The van der Waals surface area contributed by atoms with E-state index in [2.05, 4.69) is 16.0 Å². The van der Waals surface area contributed by atoms with Crippen LogP contribution in [0.3, 0.4) is 0 Å². The van der Waals surface area contributed by atoms with Gasteiger partial charge in [0.25, 0.3) is 5.91 Å². The molecule has 35 heavy (non-hydrogen) atoms. The molecule has 0 saturated carbocycles. The highest BCUT2D eigenvalue weighted by molar-refractivity contribution is 7.08. The maximum atomic E-state index is 12.7. The molecule has 0 aliphatic carbocycles. The fourth-order valence-electron chi connectivity index (χ4n) is 3.56. The van der Waals surface area contributed by atoms with E-state index >= 15 is 0 Å². The molecule has 1 aromatic heterocycles. The zero-order chi connectivity index (χ0) is 24.9. The summed E-state index contributed by atoms with van der Waals surface area (Å²) >= 11 is 1.60. The van der Waals surface area contributed by atoms with Crippen molar-refractivity contribution in [3.05, 3.63) is 58.5 Å². The molecule has 9 nitrogen and oxygen atoms in total. The van der Waals surface area contributed by atoms with Crippen LogP contribution in [0.1, 0.15) is 37.2 Å². The minimum absolute atomic E-state index is 0.00762. The van der Waals surface area contributed by atoms with Gasteiger partial charge < -0.3 is 35.7 Å². The summed E-state index contributed by atoms with van der Waals surface area (Å²) in [6.07, 6.45) is 3.45. The first kappa shape index (κ1) is 26.7. The number of para-hydroxylation sites is 2. The number of carbonyl (C=O) groups excluding carboxylic acids is 2. The van der Waals surface area contributed by atoms with E-state index < -0.39 is 6.29 Å². The lowest BCUT2D eigenvalue weighted by molar-refractivity contribution is -0.151. The van der Waals surface area contributed by atoms with Crippen LogP contribution in [0.4, 0.5) is 11.4 Å². The van der Waals surface area contributed by atoms with Gasteiger partial charge in [0.1, 0.15) is 0 Å². The van der Waals surface area contributed by atoms with Gasteiger partial charge in [-0.2, -0.15) is 11.3 Å². The van der Waals surface area contributed by atoms with E-state index in [4.69, 9.17) is 25.1 Å². The molecule has 0 radical (unpaired) electrons. The molecule has 2 amide bonds. The first-order chi connectivity index (χ1) is 17.1. The topological polar surface area (TPSA) is 132 Å². The van der Waals surface area contributed by atoms with Crippen LogP contribution in [-0.4, -0.2) is 56.2 Å². The number of amides is 2. The Labute approximate surface area is 209 Å². The number of aliphatic hydroxyl groups excluding tert-OH is 1. The Kier molecular flexibility index (Phi) is 11.0. The molecule has 0 fully saturated rings. The van der Waals surface area contributed by atoms with Crippen molar-refractivity contribution < 1.29 is 28.9 Å². The highest BCUT2D eigenvalue weighted by Gasteiger charge is 2.28. The van der Waals surface area contributed by atoms with Gasteiger partial charge in [0.05, 0.1) is 37.8 Å². The number of hydrogen-bond donors (Lipinski definition) is 4. The summed E-state index contributed by atoms with van der Waals surface area (Å²) < 4.78 is 16.8. The molecule has 0 saturated heterocycles. The second-order valence-electron chi connectivity index (χ2n) is 8.03. The number of rotatable bonds is 14. The van der Waals surface area contributed by atoms with Crippen LogP contribution in [0.25, 0.3) is 0 Å². The van der Waals surface area contributed by atoms with Crippen molar-refractivity contribution in [3.63, 3.8) is 0 Å². The van der Waals surface area contributed by atoms with Gasteiger partial charge in [-0.05, 0) is 53.4 Å². The maximum absolute atomic E-state index is 12.7. The number of allylic oxidation sites excluding steroid dienone is 1. The molecule has 1 aromatic carbocycles. The van der Waals surface area contributed by atoms with Crippen LogP contribution in [0.15, 0.2) is 52.9 Å². The van der Waals surface area contributed by atoms with E-state index in [9.17, 15) is 9.59 Å². The number of aliphatic hydroxyl groups is 1. The number of ether oxygens (including phenoxy) is 3. The van der Waals surface area contributed by atoms with Crippen molar-refractivity contribution in [3.8, 4) is 0 Å². The first-order valence-electron chi connectivity index (χ1n) is 11.7. The normalized spacial score (nSPS) is 17.3. The van der Waals surface area contributed by atoms with Crippen molar-refractivity contribution in [2.24, 2.45) is 0 Å². The smallest absolute Gasteiger partial charge is 0.286 e. The monoisotopic (exact) mass is 503 g/mol. The minimum Gasteiger partial charge on any atom is -0.459 e. The van der Waals surface area contributed by atoms with Crippen LogP contribution in [0.2, 0.25) is 0 Å².